The van der Waals surface area contributed by atoms with Gasteiger partial charge in [-0.25, -0.2) is 4.98 Å². The van der Waals surface area contributed by atoms with E-state index in [4.69, 9.17) is 5.73 Å². The fraction of sp³-hybridized carbons (Fsp3) is 0.353. The van der Waals surface area contributed by atoms with Crippen molar-refractivity contribution in [2.75, 3.05) is 23.7 Å². The molecule has 1 aliphatic heterocycles. The van der Waals surface area contributed by atoms with Crippen molar-refractivity contribution in [3.05, 3.63) is 48.2 Å². The first-order chi connectivity index (χ1) is 10.2. The highest BCUT2D eigenvalue weighted by atomic mass is 16.3. The molecule has 1 aromatic carbocycles. The number of piperidine rings is 1. The van der Waals surface area contributed by atoms with Crippen LogP contribution in [0.3, 0.4) is 0 Å². The van der Waals surface area contributed by atoms with Gasteiger partial charge in [-0.1, -0.05) is 18.2 Å². The third-order valence-electron chi connectivity index (χ3n) is 4.21. The minimum Gasteiger partial charge on any atom is -0.508 e. The van der Waals surface area contributed by atoms with E-state index in [2.05, 4.69) is 9.88 Å². The first-order valence-electron chi connectivity index (χ1n) is 7.46. The molecule has 0 saturated carbocycles. The lowest BCUT2D eigenvalue weighted by atomic mass is 9.90. The molecule has 21 heavy (non-hydrogen) atoms. The molecule has 110 valence electrons. The van der Waals surface area contributed by atoms with E-state index in [0.29, 0.717) is 17.4 Å². The van der Waals surface area contributed by atoms with Gasteiger partial charge in [-0.3, -0.25) is 0 Å². The molecule has 0 bridgehead atoms. The average molecular weight is 283 g/mol. The van der Waals surface area contributed by atoms with Gasteiger partial charge < -0.3 is 15.7 Å². The second-order valence-corrected chi connectivity index (χ2v) is 5.71. The number of rotatable bonds is 3. The number of pyridine rings is 1. The van der Waals surface area contributed by atoms with Crippen molar-refractivity contribution >= 4 is 11.5 Å². The second kappa shape index (κ2) is 6.04. The van der Waals surface area contributed by atoms with Crippen LogP contribution in [-0.4, -0.2) is 23.2 Å². The van der Waals surface area contributed by atoms with E-state index in [0.717, 1.165) is 43.7 Å². The van der Waals surface area contributed by atoms with Crippen molar-refractivity contribution in [1.29, 1.82) is 0 Å². The summed E-state index contributed by atoms with van der Waals surface area (Å²) in [5, 5.41) is 9.86. The Morgan fingerprint density at radius 3 is 2.57 bits per heavy atom. The van der Waals surface area contributed by atoms with E-state index in [-0.39, 0.29) is 0 Å². The minimum atomic E-state index is 0.417. The highest BCUT2D eigenvalue weighted by Crippen LogP contribution is 2.27. The van der Waals surface area contributed by atoms with Gasteiger partial charge in [0.15, 0.2) is 0 Å². The van der Waals surface area contributed by atoms with E-state index < -0.39 is 0 Å². The molecule has 0 radical (unpaired) electrons. The first-order valence-corrected chi connectivity index (χ1v) is 7.46. The Labute approximate surface area is 125 Å². The van der Waals surface area contributed by atoms with Crippen molar-refractivity contribution in [3.8, 4) is 5.75 Å². The lowest BCUT2D eigenvalue weighted by Gasteiger charge is -2.33. The lowest BCUT2D eigenvalue weighted by Crippen LogP contribution is -2.34. The molecular weight excluding hydrogens is 262 g/mol. The predicted octanol–water partition coefficient (Wildman–Crippen LogP) is 2.83. The summed E-state index contributed by atoms with van der Waals surface area (Å²) in [6, 6.07) is 11.5. The minimum absolute atomic E-state index is 0.417. The fourth-order valence-electron chi connectivity index (χ4n) is 2.95. The molecule has 0 unspecified atom stereocenters. The summed E-state index contributed by atoms with van der Waals surface area (Å²) in [4.78, 5) is 6.69. The normalized spacial score (nSPS) is 16.1. The number of nitrogens with zero attached hydrogens (tertiary/aromatic N) is 2. The highest BCUT2D eigenvalue weighted by molar-refractivity contribution is 5.46. The maximum atomic E-state index is 9.86. The molecule has 1 saturated heterocycles. The molecule has 4 nitrogen and oxygen atoms in total. The number of nitrogens with two attached hydrogens (primary N) is 1. The number of phenolic OH excluding ortho intramolecular Hbond substituents is 1. The molecular formula is C17H21N3O. The number of nitrogen functional groups attached to an aromatic ring is 1. The number of phenols is 1. The van der Waals surface area contributed by atoms with E-state index in [9.17, 15) is 5.11 Å². The van der Waals surface area contributed by atoms with Gasteiger partial charge in [-0.2, -0.15) is 0 Å². The Kier molecular flexibility index (Phi) is 3.95. The Hall–Kier alpha value is -2.23. The van der Waals surface area contributed by atoms with Gasteiger partial charge in [0, 0.05) is 13.1 Å². The predicted molar refractivity (Wildman–Crippen MR) is 85.4 cm³/mol. The van der Waals surface area contributed by atoms with Crippen LogP contribution >= 0.6 is 0 Å². The number of para-hydroxylation sites is 1. The van der Waals surface area contributed by atoms with Gasteiger partial charge in [0.1, 0.15) is 11.6 Å². The first kappa shape index (κ1) is 13.7. The van der Waals surface area contributed by atoms with Crippen molar-refractivity contribution in [2.24, 2.45) is 5.92 Å². The van der Waals surface area contributed by atoms with Crippen LogP contribution in [0.4, 0.5) is 11.5 Å². The van der Waals surface area contributed by atoms with Crippen LogP contribution in [-0.2, 0) is 6.42 Å². The molecule has 3 N–H and O–H groups in total. The SMILES string of the molecule is Nc1ccc(N2CCC(Cc3ccccc3O)CC2)nc1. The maximum absolute atomic E-state index is 9.86. The molecule has 2 aromatic rings. The standard InChI is InChI=1S/C17H21N3O/c18-15-5-6-17(19-12-15)20-9-7-13(8-10-20)11-14-3-1-2-4-16(14)21/h1-6,12-13,21H,7-11,18H2. The summed E-state index contributed by atoms with van der Waals surface area (Å²) in [6.45, 7) is 2.02. The zero-order valence-electron chi connectivity index (χ0n) is 12.1. The number of aromatic nitrogens is 1. The zero-order valence-corrected chi connectivity index (χ0v) is 12.1. The maximum Gasteiger partial charge on any atom is 0.128 e. The molecule has 3 rings (SSSR count). The monoisotopic (exact) mass is 283 g/mol. The second-order valence-electron chi connectivity index (χ2n) is 5.71. The number of aromatic hydroxyl groups is 1. The van der Waals surface area contributed by atoms with Crippen molar-refractivity contribution in [2.45, 2.75) is 19.3 Å². The molecule has 0 aliphatic carbocycles. The van der Waals surface area contributed by atoms with Gasteiger partial charge >= 0.3 is 0 Å². The van der Waals surface area contributed by atoms with Crippen LogP contribution in [0, 0.1) is 5.92 Å². The van der Waals surface area contributed by atoms with Crippen LogP contribution in [0.15, 0.2) is 42.6 Å². The summed E-state index contributed by atoms with van der Waals surface area (Å²) in [5.41, 5.74) is 7.43. The van der Waals surface area contributed by atoms with E-state index in [1.807, 2.05) is 30.3 Å². The summed E-state index contributed by atoms with van der Waals surface area (Å²) in [6.07, 6.45) is 4.92. The van der Waals surface area contributed by atoms with E-state index in [1.54, 1.807) is 12.3 Å². The van der Waals surface area contributed by atoms with Gasteiger partial charge in [-0.05, 0) is 48.9 Å². The fourth-order valence-corrected chi connectivity index (χ4v) is 2.95. The van der Waals surface area contributed by atoms with Crippen LogP contribution in [0.2, 0.25) is 0 Å². The number of hydrogen-bond acceptors (Lipinski definition) is 4. The molecule has 1 aliphatic rings. The quantitative estimate of drug-likeness (QED) is 0.909. The average Bonchev–Trinajstić information content (AvgIpc) is 2.51. The number of anilines is 2. The van der Waals surface area contributed by atoms with Gasteiger partial charge in [0.2, 0.25) is 0 Å². The van der Waals surface area contributed by atoms with E-state index >= 15 is 0 Å². The molecule has 1 fully saturated rings. The van der Waals surface area contributed by atoms with Crippen LogP contribution in [0.25, 0.3) is 0 Å². The van der Waals surface area contributed by atoms with Crippen LogP contribution in [0.5, 0.6) is 5.75 Å². The van der Waals surface area contributed by atoms with E-state index in [1.165, 1.54) is 0 Å². The smallest absolute Gasteiger partial charge is 0.128 e. The Morgan fingerprint density at radius 1 is 1.14 bits per heavy atom. The van der Waals surface area contributed by atoms with Crippen molar-refractivity contribution in [1.82, 2.24) is 4.98 Å². The Balaban J connectivity index is 1.58. The van der Waals surface area contributed by atoms with Crippen molar-refractivity contribution in [3.63, 3.8) is 0 Å². The third kappa shape index (κ3) is 3.27. The topological polar surface area (TPSA) is 62.4 Å². The lowest BCUT2D eigenvalue weighted by molar-refractivity contribution is 0.392. The molecule has 0 atom stereocenters. The van der Waals surface area contributed by atoms with Gasteiger partial charge in [0.05, 0.1) is 11.9 Å². The van der Waals surface area contributed by atoms with Crippen LogP contribution < -0.4 is 10.6 Å². The number of hydrogen-bond donors (Lipinski definition) is 2. The summed E-state index contributed by atoms with van der Waals surface area (Å²) < 4.78 is 0. The largest absolute Gasteiger partial charge is 0.508 e. The third-order valence-corrected chi connectivity index (χ3v) is 4.21. The molecule has 4 heteroatoms. The summed E-state index contributed by atoms with van der Waals surface area (Å²) in [7, 11) is 0. The number of benzene rings is 1. The van der Waals surface area contributed by atoms with Gasteiger partial charge in [0.25, 0.3) is 0 Å². The van der Waals surface area contributed by atoms with Crippen molar-refractivity contribution < 1.29 is 5.11 Å². The zero-order chi connectivity index (χ0) is 14.7. The molecule has 0 spiro atoms. The molecule has 0 amide bonds. The molecule has 1 aromatic heterocycles. The van der Waals surface area contributed by atoms with Crippen LogP contribution in [0.1, 0.15) is 18.4 Å². The highest BCUT2D eigenvalue weighted by Gasteiger charge is 2.21. The van der Waals surface area contributed by atoms with Gasteiger partial charge in [-0.15, -0.1) is 0 Å². The Morgan fingerprint density at radius 2 is 1.90 bits per heavy atom. The summed E-state index contributed by atoms with van der Waals surface area (Å²) in [5.74, 6) is 2.05. The molecule has 2 heterocycles. The summed E-state index contributed by atoms with van der Waals surface area (Å²) >= 11 is 0. The Bertz CT molecular complexity index is 589.